The summed E-state index contributed by atoms with van der Waals surface area (Å²) in [5.41, 5.74) is -0.348. The minimum atomic E-state index is -0.677. The van der Waals surface area contributed by atoms with Crippen LogP contribution in [-0.2, 0) is 0 Å². The number of benzene rings is 1. The summed E-state index contributed by atoms with van der Waals surface area (Å²) >= 11 is 6.13. The maximum Gasteiger partial charge on any atom is 0.283 e. The van der Waals surface area contributed by atoms with Gasteiger partial charge in [-0.3, -0.25) is 20.2 Å². The maximum atomic E-state index is 10.7. The molecule has 84 valence electrons. The fraction of sp³-hybridized carbons (Fsp3) is 0. The molecule has 1 aromatic rings. The number of nitro groups is 2. The molecule has 0 aliphatic carbocycles. The van der Waals surface area contributed by atoms with Crippen molar-refractivity contribution in [3.8, 4) is 0 Å². The molecule has 0 unspecified atom stereocenters. The molecule has 0 aromatic heterocycles. The summed E-state index contributed by atoms with van der Waals surface area (Å²) in [7, 11) is 0. The van der Waals surface area contributed by atoms with E-state index in [-0.39, 0.29) is 16.9 Å². The number of hydrogen-bond donors (Lipinski definition) is 0. The summed E-state index contributed by atoms with van der Waals surface area (Å²) in [5, 5.41) is 21.2. The van der Waals surface area contributed by atoms with Crippen LogP contribution in [0.5, 0.6) is 0 Å². The molecule has 0 saturated carbocycles. The highest BCUT2D eigenvalue weighted by Gasteiger charge is 2.17. The fourth-order valence-electron chi connectivity index (χ4n) is 1.04. The number of nitro benzene ring substituents is 2. The molecule has 0 atom stereocenters. The number of halogens is 2. The summed E-state index contributed by atoms with van der Waals surface area (Å²) in [5.74, 6) is 0. The quantitative estimate of drug-likeness (QED) is 0.615. The summed E-state index contributed by atoms with van der Waals surface area (Å²) < 4.78 is 0.511. The number of rotatable bonds is 3. The molecule has 0 radical (unpaired) electrons. The van der Waals surface area contributed by atoms with Crippen LogP contribution >= 0.6 is 31.9 Å². The first-order valence-electron chi connectivity index (χ1n) is 3.87. The minimum Gasteiger partial charge on any atom is -0.258 e. The van der Waals surface area contributed by atoms with Crippen molar-refractivity contribution in [2.75, 3.05) is 0 Å². The Kier molecular flexibility index (Phi) is 4.13. The van der Waals surface area contributed by atoms with E-state index in [0.29, 0.717) is 3.39 Å². The van der Waals surface area contributed by atoms with Gasteiger partial charge in [-0.25, -0.2) is 0 Å². The average Bonchev–Trinajstić information content (AvgIpc) is 2.16. The van der Waals surface area contributed by atoms with E-state index >= 15 is 0 Å². The van der Waals surface area contributed by atoms with Crippen LogP contribution in [0.25, 0.3) is 6.08 Å². The molecule has 0 amide bonds. The predicted octanol–water partition coefficient (Wildman–Crippen LogP) is 3.59. The third-order valence-corrected chi connectivity index (χ3v) is 2.14. The molecule has 0 heterocycles. The van der Waals surface area contributed by atoms with Gasteiger partial charge in [-0.1, -0.05) is 0 Å². The summed E-state index contributed by atoms with van der Waals surface area (Å²) in [6.45, 7) is 0. The zero-order chi connectivity index (χ0) is 12.3. The molecular formula is C8H4Br2N2O4. The van der Waals surface area contributed by atoms with E-state index in [1.165, 1.54) is 18.2 Å². The van der Waals surface area contributed by atoms with Crippen LogP contribution in [0.4, 0.5) is 11.4 Å². The van der Waals surface area contributed by atoms with E-state index in [0.717, 1.165) is 6.07 Å². The van der Waals surface area contributed by atoms with Crippen molar-refractivity contribution >= 4 is 49.3 Å². The largest absolute Gasteiger partial charge is 0.283 e. The van der Waals surface area contributed by atoms with E-state index in [9.17, 15) is 20.2 Å². The van der Waals surface area contributed by atoms with Crippen LogP contribution < -0.4 is 0 Å². The van der Waals surface area contributed by atoms with Crippen molar-refractivity contribution in [2.45, 2.75) is 0 Å². The summed E-state index contributed by atoms with van der Waals surface area (Å²) in [6, 6.07) is 3.45. The van der Waals surface area contributed by atoms with Gasteiger partial charge in [-0.15, -0.1) is 0 Å². The molecule has 0 aliphatic rings. The van der Waals surface area contributed by atoms with Crippen molar-refractivity contribution in [3.63, 3.8) is 0 Å². The Balaban J connectivity index is 3.36. The van der Waals surface area contributed by atoms with Crippen molar-refractivity contribution in [1.82, 2.24) is 0 Å². The van der Waals surface area contributed by atoms with Gasteiger partial charge in [0.25, 0.3) is 11.4 Å². The SMILES string of the molecule is O=[N+]([O-])c1ccc(C=C(Br)Br)c([N+](=O)[O-])c1. The van der Waals surface area contributed by atoms with E-state index < -0.39 is 9.85 Å². The summed E-state index contributed by atoms with van der Waals surface area (Å²) in [4.78, 5) is 19.8. The van der Waals surface area contributed by atoms with Crippen LogP contribution in [0.15, 0.2) is 21.6 Å². The topological polar surface area (TPSA) is 86.3 Å². The Bertz CT molecular complexity index is 483. The second kappa shape index (κ2) is 5.17. The van der Waals surface area contributed by atoms with E-state index in [1.807, 2.05) is 0 Å². The molecule has 1 rings (SSSR count). The smallest absolute Gasteiger partial charge is 0.258 e. The lowest BCUT2D eigenvalue weighted by Crippen LogP contribution is -1.94. The average molecular weight is 352 g/mol. The van der Waals surface area contributed by atoms with Crippen molar-refractivity contribution in [3.05, 3.63) is 47.4 Å². The zero-order valence-electron chi connectivity index (χ0n) is 7.59. The third kappa shape index (κ3) is 3.11. The number of hydrogen-bond acceptors (Lipinski definition) is 4. The standard InChI is InChI=1S/C8H4Br2N2O4/c9-8(10)3-5-1-2-6(11(13)14)4-7(5)12(15)16/h1-4H. The maximum absolute atomic E-state index is 10.7. The first-order chi connectivity index (χ1) is 7.41. The molecule has 8 heteroatoms. The minimum absolute atomic E-state index is 0.277. The lowest BCUT2D eigenvalue weighted by molar-refractivity contribution is -0.394. The molecule has 0 N–H and O–H groups in total. The van der Waals surface area contributed by atoms with Gasteiger partial charge in [0, 0.05) is 6.07 Å². The van der Waals surface area contributed by atoms with Gasteiger partial charge in [0.1, 0.15) is 0 Å². The van der Waals surface area contributed by atoms with E-state index in [2.05, 4.69) is 31.9 Å². The second-order valence-electron chi connectivity index (χ2n) is 2.69. The Morgan fingerprint density at radius 1 is 1.19 bits per heavy atom. The third-order valence-electron chi connectivity index (χ3n) is 1.69. The molecule has 0 fully saturated rings. The lowest BCUT2D eigenvalue weighted by Gasteiger charge is -1.97. The molecule has 0 saturated heterocycles. The highest BCUT2D eigenvalue weighted by Crippen LogP contribution is 2.28. The zero-order valence-corrected chi connectivity index (χ0v) is 10.8. The lowest BCUT2D eigenvalue weighted by atomic mass is 10.1. The Morgan fingerprint density at radius 2 is 1.81 bits per heavy atom. The fourth-order valence-corrected chi connectivity index (χ4v) is 1.54. The number of non-ortho nitro benzene ring substituents is 1. The van der Waals surface area contributed by atoms with Gasteiger partial charge < -0.3 is 0 Å². The molecule has 0 bridgehead atoms. The monoisotopic (exact) mass is 350 g/mol. The van der Waals surface area contributed by atoms with Crippen LogP contribution in [0.2, 0.25) is 0 Å². The van der Waals surface area contributed by atoms with Gasteiger partial charge in [0.05, 0.1) is 24.9 Å². The second-order valence-corrected chi connectivity index (χ2v) is 5.46. The van der Waals surface area contributed by atoms with Crippen LogP contribution in [0.1, 0.15) is 5.56 Å². The van der Waals surface area contributed by atoms with Gasteiger partial charge in [0.15, 0.2) is 0 Å². The van der Waals surface area contributed by atoms with E-state index in [4.69, 9.17) is 0 Å². The highest BCUT2D eigenvalue weighted by molar-refractivity contribution is 9.28. The van der Waals surface area contributed by atoms with Gasteiger partial charge >= 0.3 is 0 Å². The van der Waals surface area contributed by atoms with Gasteiger partial charge in [-0.2, -0.15) is 0 Å². The summed E-state index contributed by atoms with van der Waals surface area (Å²) in [6.07, 6.45) is 1.45. The van der Waals surface area contributed by atoms with Crippen molar-refractivity contribution in [1.29, 1.82) is 0 Å². The molecule has 16 heavy (non-hydrogen) atoms. The Labute approximate surface area is 107 Å². The van der Waals surface area contributed by atoms with Gasteiger partial charge in [-0.05, 0) is 44.0 Å². The molecule has 6 nitrogen and oxygen atoms in total. The van der Waals surface area contributed by atoms with Crippen LogP contribution in [0.3, 0.4) is 0 Å². The van der Waals surface area contributed by atoms with Crippen molar-refractivity contribution < 1.29 is 9.85 Å². The van der Waals surface area contributed by atoms with E-state index in [1.54, 1.807) is 0 Å². The normalized spacial score (nSPS) is 9.62. The Hall–Kier alpha value is -1.28. The molecule has 0 aliphatic heterocycles. The van der Waals surface area contributed by atoms with Crippen LogP contribution in [0, 0.1) is 20.2 Å². The van der Waals surface area contributed by atoms with Crippen molar-refractivity contribution in [2.24, 2.45) is 0 Å². The Morgan fingerprint density at radius 3 is 2.25 bits per heavy atom. The molecule has 1 aromatic carbocycles. The van der Waals surface area contributed by atoms with Crippen LogP contribution in [-0.4, -0.2) is 9.85 Å². The highest BCUT2D eigenvalue weighted by atomic mass is 79.9. The number of nitrogens with zero attached hydrogens (tertiary/aromatic N) is 2. The first-order valence-corrected chi connectivity index (χ1v) is 5.46. The van der Waals surface area contributed by atoms with Gasteiger partial charge in [0.2, 0.25) is 0 Å². The molecule has 0 spiro atoms. The molecular weight excluding hydrogens is 348 g/mol. The predicted molar refractivity (Wildman–Crippen MR) is 65.6 cm³/mol. The first kappa shape index (κ1) is 12.8.